The number of rotatable bonds is 4. The van der Waals surface area contributed by atoms with Crippen LogP contribution in [0.3, 0.4) is 0 Å². The standard InChI is InChI=1S/C17H16BrNO3S/c18-12-2-4-13(5-3-12)19-17(20)11-23-14-6-7-15-16(10-14)22-9-1-8-21-15/h2-7,10H,1,8-9,11H2,(H,19,20). The number of benzene rings is 2. The zero-order valence-corrected chi connectivity index (χ0v) is 14.8. The first-order chi connectivity index (χ1) is 11.2. The summed E-state index contributed by atoms with van der Waals surface area (Å²) in [6, 6.07) is 13.3. The van der Waals surface area contributed by atoms with Crippen molar-refractivity contribution >= 4 is 39.3 Å². The number of thioether (sulfide) groups is 1. The first-order valence-electron chi connectivity index (χ1n) is 7.28. The molecule has 0 radical (unpaired) electrons. The fourth-order valence-electron chi connectivity index (χ4n) is 2.11. The molecule has 1 aliphatic rings. The molecule has 23 heavy (non-hydrogen) atoms. The fourth-order valence-corrected chi connectivity index (χ4v) is 3.10. The average Bonchev–Trinajstić information content (AvgIpc) is 2.80. The second-order valence-corrected chi connectivity index (χ2v) is 6.97. The van der Waals surface area contributed by atoms with Gasteiger partial charge in [-0.15, -0.1) is 11.8 Å². The minimum Gasteiger partial charge on any atom is -0.490 e. The molecule has 2 aromatic carbocycles. The zero-order valence-electron chi connectivity index (χ0n) is 12.4. The Balaban J connectivity index is 1.56. The van der Waals surface area contributed by atoms with Crippen molar-refractivity contribution in [2.24, 2.45) is 0 Å². The van der Waals surface area contributed by atoms with E-state index in [1.54, 1.807) is 0 Å². The molecule has 4 nitrogen and oxygen atoms in total. The molecular weight excluding hydrogens is 378 g/mol. The second-order valence-electron chi connectivity index (χ2n) is 5.00. The van der Waals surface area contributed by atoms with Gasteiger partial charge in [0, 0.05) is 21.5 Å². The number of halogens is 1. The average molecular weight is 394 g/mol. The van der Waals surface area contributed by atoms with Crippen LogP contribution in [0.1, 0.15) is 6.42 Å². The summed E-state index contributed by atoms with van der Waals surface area (Å²) in [4.78, 5) is 13.0. The van der Waals surface area contributed by atoms with Gasteiger partial charge in [0.1, 0.15) is 0 Å². The molecule has 0 unspecified atom stereocenters. The Morgan fingerprint density at radius 2 is 1.83 bits per heavy atom. The molecule has 6 heteroatoms. The number of anilines is 1. The van der Waals surface area contributed by atoms with Gasteiger partial charge in [0.05, 0.1) is 19.0 Å². The van der Waals surface area contributed by atoms with Crippen LogP contribution in [-0.4, -0.2) is 24.9 Å². The lowest BCUT2D eigenvalue weighted by Gasteiger charge is -2.09. The second kappa shape index (κ2) is 7.75. The van der Waals surface area contributed by atoms with Crippen molar-refractivity contribution in [3.8, 4) is 11.5 Å². The van der Waals surface area contributed by atoms with E-state index in [0.29, 0.717) is 19.0 Å². The van der Waals surface area contributed by atoms with Crippen molar-refractivity contribution < 1.29 is 14.3 Å². The van der Waals surface area contributed by atoms with Crippen molar-refractivity contribution in [1.29, 1.82) is 0 Å². The van der Waals surface area contributed by atoms with Crippen LogP contribution in [0, 0.1) is 0 Å². The third kappa shape index (κ3) is 4.65. The van der Waals surface area contributed by atoms with Crippen molar-refractivity contribution in [2.75, 3.05) is 24.3 Å². The van der Waals surface area contributed by atoms with Gasteiger partial charge < -0.3 is 14.8 Å². The summed E-state index contributed by atoms with van der Waals surface area (Å²) < 4.78 is 12.2. The Hall–Kier alpha value is -1.66. The van der Waals surface area contributed by atoms with E-state index >= 15 is 0 Å². The molecule has 0 fully saturated rings. The number of nitrogens with one attached hydrogen (secondary N) is 1. The monoisotopic (exact) mass is 393 g/mol. The lowest BCUT2D eigenvalue weighted by Crippen LogP contribution is -2.13. The summed E-state index contributed by atoms with van der Waals surface area (Å²) in [7, 11) is 0. The number of carbonyl (C=O) groups excluding carboxylic acids is 1. The van der Waals surface area contributed by atoms with Crippen molar-refractivity contribution in [1.82, 2.24) is 0 Å². The van der Waals surface area contributed by atoms with Gasteiger partial charge in [0.2, 0.25) is 5.91 Å². The predicted molar refractivity (Wildman–Crippen MR) is 95.5 cm³/mol. The molecule has 1 N–H and O–H groups in total. The lowest BCUT2D eigenvalue weighted by atomic mass is 10.3. The Morgan fingerprint density at radius 3 is 2.61 bits per heavy atom. The smallest absolute Gasteiger partial charge is 0.234 e. The SMILES string of the molecule is O=C(CSc1ccc2c(c1)OCCCO2)Nc1ccc(Br)cc1. The highest BCUT2D eigenvalue weighted by Crippen LogP contribution is 2.33. The van der Waals surface area contributed by atoms with Crippen LogP contribution in [0.15, 0.2) is 51.8 Å². The quantitative estimate of drug-likeness (QED) is 0.784. The summed E-state index contributed by atoms with van der Waals surface area (Å²) in [5, 5.41) is 2.88. The van der Waals surface area contributed by atoms with Crippen molar-refractivity contribution in [2.45, 2.75) is 11.3 Å². The Bertz CT molecular complexity index is 691. The summed E-state index contributed by atoms with van der Waals surface area (Å²) in [6.45, 7) is 1.33. The molecule has 0 saturated carbocycles. The minimum atomic E-state index is -0.0376. The number of hydrogen-bond donors (Lipinski definition) is 1. The van der Waals surface area contributed by atoms with Gasteiger partial charge in [-0.05, 0) is 42.5 Å². The number of carbonyl (C=O) groups is 1. The largest absolute Gasteiger partial charge is 0.490 e. The molecule has 0 aliphatic carbocycles. The molecule has 0 atom stereocenters. The van der Waals surface area contributed by atoms with Gasteiger partial charge in [-0.2, -0.15) is 0 Å². The lowest BCUT2D eigenvalue weighted by molar-refractivity contribution is -0.113. The van der Waals surface area contributed by atoms with Crippen LogP contribution in [0.2, 0.25) is 0 Å². The van der Waals surface area contributed by atoms with Crippen molar-refractivity contribution in [3.63, 3.8) is 0 Å². The number of hydrogen-bond acceptors (Lipinski definition) is 4. The van der Waals surface area contributed by atoms with Gasteiger partial charge in [-0.25, -0.2) is 0 Å². The normalized spacial score (nSPS) is 13.3. The fraction of sp³-hybridized carbons (Fsp3) is 0.235. The van der Waals surface area contributed by atoms with Gasteiger partial charge >= 0.3 is 0 Å². The Morgan fingerprint density at radius 1 is 1.09 bits per heavy atom. The van der Waals surface area contributed by atoms with Gasteiger partial charge in [-0.3, -0.25) is 4.79 Å². The molecule has 0 bridgehead atoms. The molecule has 1 amide bonds. The minimum absolute atomic E-state index is 0.0376. The highest BCUT2D eigenvalue weighted by atomic mass is 79.9. The van der Waals surface area contributed by atoms with Gasteiger partial charge in [0.25, 0.3) is 0 Å². The van der Waals surface area contributed by atoms with E-state index in [2.05, 4.69) is 21.2 Å². The molecule has 120 valence electrons. The third-order valence-electron chi connectivity index (χ3n) is 3.22. The molecule has 1 aliphatic heterocycles. The number of amides is 1. The molecule has 0 saturated heterocycles. The summed E-state index contributed by atoms with van der Waals surface area (Å²) in [5.41, 5.74) is 0.789. The third-order valence-corrected chi connectivity index (χ3v) is 4.74. The summed E-state index contributed by atoms with van der Waals surface area (Å²) in [6.07, 6.45) is 0.882. The van der Waals surface area contributed by atoms with E-state index in [1.807, 2.05) is 42.5 Å². The highest BCUT2D eigenvalue weighted by Gasteiger charge is 2.11. The first-order valence-corrected chi connectivity index (χ1v) is 9.06. The van der Waals surface area contributed by atoms with E-state index in [-0.39, 0.29) is 5.91 Å². The van der Waals surface area contributed by atoms with E-state index in [4.69, 9.17) is 9.47 Å². The van der Waals surface area contributed by atoms with Crippen LogP contribution in [0.5, 0.6) is 11.5 Å². The molecule has 1 heterocycles. The van der Waals surface area contributed by atoms with Crippen LogP contribution in [0.4, 0.5) is 5.69 Å². The molecule has 0 aromatic heterocycles. The van der Waals surface area contributed by atoms with E-state index in [1.165, 1.54) is 11.8 Å². The first kappa shape index (κ1) is 16.2. The topological polar surface area (TPSA) is 47.6 Å². The summed E-state index contributed by atoms with van der Waals surface area (Å²) in [5.74, 6) is 1.83. The molecular formula is C17H16BrNO3S. The van der Waals surface area contributed by atoms with Crippen LogP contribution < -0.4 is 14.8 Å². The highest BCUT2D eigenvalue weighted by molar-refractivity contribution is 9.10. The van der Waals surface area contributed by atoms with Crippen LogP contribution in [0.25, 0.3) is 0 Å². The van der Waals surface area contributed by atoms with E-state index in [9.17, 15) is 4.79 Å². The maximum absolute atomic E-state index is 12.0. The Kier molecular flexibility index (Phi) is 5.46. The van der Waals surface area contributed by atoms with Crippen LogP contribution in [-0.2, 0) is 4.79 Å². The molecule has 3 rings (SSSR count). The van der Waals surface area contributed by atoms with Crippen LogP contribution >= 0.6 is 27.7 Å². The van der Waals surface area contributed by atoms with Gasteiger partial charge in [0.15, 0.2) is 11.5 Å². The maximum atomic E-state index is 12.0. The molecule has 2 aromatic rings. The van der Waals surface area contributed by atoms with Gasteiger partial charge in [-0.1, -0.05) is 15.9 Å². The molecule has 0 spiro atoms. The zero-order chi connectivity index (χ0) is 16.1. The Labute approximate surface area is 147 Å². The number of ether oxygens (including phenoxy) is 2. The summed E-state index contributed by atoms with van der Waals surface area (Å²) >= 11 is 4.84. The maximum Gasteiger partial charge on any atom is 0.234 e. The number of fused-ring (bicyclic) bond motifs is 1. The van der Waals surface area contributed by atoms with Crippen molar-refractivity contribution in [3.05, 3.63) is 46.9 Å². The van der Waals surface area contributed by atoms with E-state index < -0.39 is 0 Å². The van der Waals surface area contributed by atoms with E-state index in [0.717, 1.165) is 33.0 Å². The predicted octanol–water partition coefficient (Wildman–Crippen LogP) is 4.34.